The Balaban J connectivity index is 1.73. The molecule has 0 radical (unpaired) electrons. The minimum absolute atomic E-state index is 0.0914. The van der Waals surface area contributed by atoms with Gasteiger partial charge in [-0.15, -0.1) is 0 Å². The van der Waals surface area contributed by atoms with Gasteiger partial charge in [0.1, 0.15) is 0 Å². The zero-order chi connectivity index (χ0) is 18.8. The molecular formula is C20H27N3O2S. The van der Waals surface area contributed by atoms with Gasteiger partial charge in [0, 0.05) is 20.1 Å². The Morgan fingerprint density at radius 3 is 2.38 bits per heavy atom. The Morgan fingerprint density at radius 2 is 1.69 bits per heavy atom. The summed E-state index contributed by atoms with van der Waals surface area (Å²) >= 11 is 0. The first-order valence-electron chi connectivity index (χ1n) is 8.73. The van der Waals surface area contributed by atoms with Crippen LogP contribution in [0.15, 0.2) is 59.6 Å². The van der Waals surface area contributed by atoms with Crippen LogP contribution < -0.4 is 10.6 Å². The van der Waals surface area contributed by atoms with Crippen LogP contribution in [-0.4, -0.2) is 33.7 Å². The minimum atomic E-state index is -3.10. The molecule has 0 aliphatic carbocycles. The number of hydrogen-bond donors (Lipinski definition) is 2. The van der Waals surface area contributed by atoms with Gasteiger partial charge in [-0.2, -0.15) is 0 Å². The smallest absolute Gasteiger partial charge is 0.191 e. The van der Waals surface area contributed by atoms with Crippen LogP contribution in [0.3, 0.4) is 0 Å². The van der Waals surface area contributed by atoms with Crippen LogP contribution in [0.2, 0.25) is 0 Å². The van der Waals surface area contributed by atoms with Crippen molar-refractivity contribution in [1.29, 1.82) is 0 Å². The van der Waals surface area contributed by atoms with Gasteiger partial charge >= 0.3 is 0 Å². The number of rotatable bonds is 8. The maximum absolute atomic E-state index is 12.2. The van der Waals surface area contributed by atoms with E-state index in [0.29, 0.717) is 25.5 Å². The van der Waals surface area contributed by atoms with Crippen LogP contribution in [0.25, 0.3) is 0 Å². The molecule has 0 fully saturated rings. The van der Waals surface area contributed by atoms with Crippen molar-refractivity contribution < 1.29 is 8.42 Å². The maximum Gasteiger partial charge on any atom is 0.191 e. The lowest BCUT2D eigenvalue weighted by atomic mass is 10.1. The molecule has 2 N–H and O–H groups in total. The van der Waals surface area contributed by atoms with Crippen molar-refractivity contribution in [3.63, 3.8) is 0 Å². The second kappa shape index (κ2) is 9.97. The average molecular weight is 374 g/mol. The van der Waals surface area contributed by atoms with Crippen LogP contribution in [0, 0.1) is 6.92 Å². The summed E-state index contributed by atoms with van der Waals surface area (Å²) in [7, 11) is -1.39. The van der Waals surface area contributed by atoms with Crippen LogP contribution >= 0.6 is 0 Å². The molecule has 0 aliphatic rings. The van der Waals surface area contributed by atoms with Gasteiger partial charge in [0.15, 0.2) is 15.8 Å². The molecule has 0 aromatic heterocycles. The Bertz CT molecular complexity index is 818. The molecule has 5 nitrogen and oxygen atoms in total. The topological polar surface area (TPSA) is 70.6 Å². The van der Waals surface area contributed by atoms with Crippen molar-refractivity contribution in [3.8, 4) is 0 Å². The second-order valence-electron chi connectivity index (χ2n) is 6.21. The standard InChI is InChI=1S/C20H27N3O2S/c1-17-9-6-7-12-19(17)15-23-20(21-2)22-13-8-14-26(24,25)16-18-10-4-3-5-11-18/h3-7,9-12H,8,13-16H2,1-2H3,(H2,21,22,23). The van der Waals surface area contributed by atoms with Gasteiger partial charge in [-0.05, 0) is 30.0 Å². The molecular weight excluding hydrogens is 346 g/mol. The van der Waals surface area contributed by atoms with Gasteiger partial charge in [0.2, 0.25) is 0 Å². The van der Waals surface area contributed by atoms with E-state index in [4.69, 9.17) is 0 Å². The normalized spacial score (nSPS) is 12.0. The van der Waals surface area contributed by atoms with E-state index in [-0.39, 0.29) is 11.5 Å². The molecule has 2 rings (SSSR count). The monoisotopic (exact) mass is 373 g/mol. The lowest BCUT2D eigenvalue weighted by Crippen LogP contribution is -2.37. The van der Waals surface area contributed by atoms with E-state index in [9.17, 15) is 8.42 Å². The number of benzene rings is 2. The summed E-state index contributed by atoms with van der Waals surface area (Å²) in [6.45, 7) is 3.31. The summed E-state index contributed by atoms with van der Waals surface area (Å²) in [6.07, 6.45) is 0.542. The highest BCUT2D eigenvalue weighted by Crippen LogP contribution is 2.07. The van der Waals surface area contributed by atoms with Crippen molar-refractivity contribution in [3.05, 3.63) is 71.3 Å². The first-order chi connectivity index (χ1) is 12.5. The number of hydrogen-bond acceptors (Lipinski definition) is 3. The van der Waals surface area contributed by atoms with Crippen molar-refractivity contribution >= 4 is 15.8 Å². The number of sulfone groups is 1. The molecule has 0 atom stereocenters. The number of aliphatic imine (C=N–C) groups is 1. The third-order valence-electron chi connectivity index (χ3n) is 4.09. The fourth-order valence-corrected chi connectivity index (χ4v) is 4.04. The van der Waals surface area contributed by atoms with E-state index >= 15 is 0 Å². The molecule has 26 heavy (non-hydrogen) atoms. The Labute approximate surface area is 156 Å². The predicted molar refractivity (Wildman–Crippen MR) is 108 cm³/mol. The summed E-state index contributed by atoms with van der Waals surface area (Å²) in [5.41, 5.74) is 3.26. The van der Waals surface area contributed by atoms with E-state index in [1.807, 2.05) is 42.5 Å². The first kappa shape index (κ1) is 20.0. The van der Waals surface area contributed by atoms with Gasteiger partial charge in [0.25, 0.3) is 0 Å². The molecule has 6 heteroatoms. The van der Waals surface area contributed by atoms with E-state index in [1.165, 1.54) is 11.1 Å². The van der Waals surface area contributed by atoms with Crippen LogP contribution in [0.4, 0.5) is 0 Å². The molecule has 0 amide bonds. The predicted octanol–water partition coefficient (Wildman–Crippen LogP) is 2.67. The van der Waals surface area contributed by atoms with Gasteiger partial charge in [-0.25, -0.2) is 8.42 Å². The van der Waals surface area contributed by atoms with Crippen LogP contribution in [-0.2, 0) is 22.1 Å². The van der Waals surface area contributed by atoms with Crippen LogP contribution in [0.1, 0.15) is 23.1 Å². The molecule has 0 aliphatic heterocycles. The highest BCUT2D eigenvalue weighted by molar-refractivity contribution is 7.90. The average Bonchev–Trinajstić information content (AvgIpc) is 2.63. The van der Waals surface area contributed by atoms with Crippen molar-refractivity contribution in [2.45, 2.75) is 25.6 Å². The Kier molecular flexibility index (Phi) is 7.66. The number of nitrogens with zero attached hydrogens (tertiary/aromatic N) is 1. The van der Waals surface area contributed by atoms with Crippen molar-refractivity contribution in [1.82, 2.24) is 10.6 Å². The fraction of sp³-hybridized carbons (Fsp3) is 0.350. The summed E-state index contributed by atoms with van der Waals surface area (Å²) in [5.74, 6) is 0.923. The van der Waals surface area contributed by atoms with Gasteiger partial charge < -0.3 is 10.6 Å². The lowest BCUT2D eigenvalue weighted by Gasteiger charge is -2.13. The SMILES string of the molecule is CN=C(NCCCS(=O)(=O)Cc1ccccc1)NCc1ccccc1C. The number of guanidine groups is 1. The largest absolute Gasteiger partial charge is 0.356 e. The molecule has 0 spiro atoms. The molecule has 2 aromatic rings. The molecule has 0 bridgehead atoms. The number of aryl methyl sites for hydroxylation is 1. The maximum atomic E-state index is 12.2. The van der Waals surface area contributed by atoms with E-state index in [0.717, 1.165) is 5.56 Å². The third-order valence-corrected chi connectivity index (χ3v) is 5.77. The molecule has 0 heterocycles. The zero-order valence-corrected chi connectivity index (χ0v) is 16.2. The minimum Gasteiger partial charge on any atom is -0.356 e. The van der Waals surface area contributed by atoms with Gasteiger partial charge in [-0.1, -0.05) is 54.6 Å². The molecule has 0 saturated heterocycles. The van der Waals surface area contributed by atoms with Crippen LogP contribution in [0.5, 0.6) is 0 Å². The van der Waals surface area contributed by atoms with E-state index in [1.54, 1.807) is 7.05 Å². The fourth-order valence-electron chi connectivity index (χ4n) is 2.61. The first-order valence-corrected chi connectivity index (χ1v) is 10.6. The Morgan fingerprint density at radius 1 is 1.00 bits per heavy atom. The highest BCUT2D eigenvalue weighted by Gasteiger charge is 2.11. The lowest BCUT2D eigenvalue weighted by molar-refractivity contribution is 0.591. The van der Waals surface area contributed by atoms with Crippen molar-refractivity contribution in [2.24, 2.45) is 4.99 Å². The quantitative estimate of drug-likeness (QED) is 0.424. The highest BCUT2D eigenvalue weighted by atomic mass is 32.2. The molecule has 0 saturated carbocycles. The summed E-state index contributed by atoms with van der Waals surface area (Å²) in [6, 6.07) is 17.5. The summed E-state index contributed by atoms with van der Waals surface area (Å²) in [4.78, 5) is 4.18. The van der Waals surface area contributed by atoms with E-state index in [2.05, 4.69) is 34.7 Å². The van der Waals surface area contributed by atoms with Gasteiger partial charge in [-0.3, -0.25) is 4.99 Å². The summed E-state index contributed by atoms with van der Waals surface area (Å²) < 4.78 is 24.4. The number of nitrogens with one attached hydrogen (secondary N) is 2. The molecule has 140 valence electrons. The van der Waals surface area contributed by atoms with E-state index < -0.39 is 9.84 Å². The zero-order valence-electron chi connectivity index (χ0n) is 15.4. The molecule has 2 aromatic carbocycles. The summed E-state index contributed by atoms with van der Waals surface area (Å²) in [5, 5.41) is 6.42. The molecule has 0 unspecified atom stereocenters. The third kappa shape index (κ3) is 6.88. The Hall–Kier alpha value is -2.34. The second-order valence-corrected chi connectivity index (χ2v) is 8.39. The van der Waals surface area contributed by atoms with Gasteiger partial charge in [0.05, 0.1) is 11.5 Å². The van der Waals surface area contributed by atoms with Crippen molar-refractivity contribution in [2.75, 3.05) is 19.3 Å².